The maximum atomic E-state index is 13.3. The molecule has 7 heteroatoms. The van der Waals surface area contributed by atoms with Crippen LogP contribution >= 0.6 is 0 Å². The fraction of sp³-hybridized carbons (Fsp3) is 0.261. The van der Waals surface area contributed by atoms with Crippen molar-refractivity contribution in [3.05, 3.63) is 71.7 Å². The van der Waals surface area contributed by atoms with Crippen LogP contribution in [0.15, 0.2) is 54.7 Å². The van der Waals surface area contributed by atoms with Gasteiger partial charge < -0.3 is 10.1 Å². The summed E-state index contributed by atoms with van der Waals surface area (Å²) in [5.41, 5.74) is 3.44. The van der Waals surface area contributed by atoms with E-state index < -0.39 is 0 Å². The molecular weight excluding hydrogens is 385 g/mol. The summed E-state index contributed by atoms with van der Waals surface area (Å²) < 4.78 is 19.7. The van der Waals surface area contributed by atoms with Crippen LogP contribution < -0.4 is 5.32 Å². The van der Waals surface area contributed by atoms with Crippen molar-refractivity contribution >= 4 is 11.9 Å². The molecule has 0 radical (unpaired) electrons. The first-order valence-electron chi connectivity index (χ1n) is 9.84. The quantitative estimate of drug-likeness (QED) is 0.450. The van der Waals surface area contributed by atoms with E-state index in [9.17, 15) is 14.0 Å². The molecule has 0 spiro atoms. The minimum atomic E-state index is -0.343. The number of carbonyl (C=O) groups excluding carboxylic acids is 2. The van der Waals surface area contributed by atoms with Gasteiger partial charge in [0.25, 0.3) is 5.91 Å². The van der Waals surface area contributed by atoms with Gasteiger partial charge in [0, 0.05) is 24.7 Å². The Morgan fingerprint density at radius 1 is 1.17 bits per heavy atom. The number of hydrogen-bond donors (Lipinski definition) is 1. The van der Waals surface area contributed by atoms with Gasteiger partial charge in [0.15, 0.2) is 0 Å². The van der Waals surface area contributed by atoms with Crippen molar-refractivity contribution in [1.82, 2.24) is 15.1 Å². The van der Waals surface area contributed by atoms with Gasteiger partial charge in [0.1, 0.15) is 11.5 Å². The van der Waals surface area contributed by atoms with Gasteiger partial charge in [-0.1, -0.05) is 23.8 Å². The number of aromatic nitrogens is 2. The first-order chi connectivity index (χ1) is 14.5. The summed E-state index contributed by atoms with van der Waals surface area (Å²) in [6, 6.07) is 13.6. The zero-order chi connectivity index (χ0) is 21.5. The Labute approximate surface area is 174 Å². The molecule has 0 atom stereocenters. The number of hydrogen-bond acceptors (Lipinski definition) is 4. The summed E-state index contributed by atoms with van der Waals surface area (Å²) in [6.45, 7) is 4.40. The van der Waals surface area contributed by atoms with E-state index >= 15 is 0 Å². The van der Waals surface area contributed by atoms with Crippen molar-refractivity contribution in [3.63, 3.8) is 0 Å². The lowest BCUT2D eigenvalue weighted by molar-refractivity contribution is -0.143. The van der Waals surface area contributed by atoms with E-state index in [1.165, 1.54) is 12.1 Å². The number of halogens is 1. The van der Waals surface area contributed by atoms with Gasteiger partial charge >= 0.3 is 5.97 Å². The SMILES string of the molecule is CCOC(=O)CCCNC(=O)c1cn(-c2ccc(F)cc2)nc1-c1cccc(C)c1. The maximum absolute atomic E-state index is 13.3. The van der Waals surface area contributed by atoms with Crippen LogP contribution in [0.2, 0.25) is 0 Å². The summed E-state index contributed by atoms with van der Waals surface area (Å²) in [5, 5.41) is 7.42. The Morgan fingerprint density at radius 3 is 2.63 bits per heavy atom. The van der Waals surface area contributed by atoms with Crippen LogP contribution in [0.1, 0.15) is 35.7 Å². The smallest absolute Gasteiger partial charge is 0.305 e. The van der Waals surface area contributed by atoms with Crippen LogP contribution in [0.3, 0.4) is 0 Å². The van der Waals surface area contributed by atoms with Crippen molar-refractivity contribution < 1.29 is 18.7 Å². The van der Waals surface area contributed by atoms with Crippen LogP contribution in [0.5, 0.6) is 0 Å². The lowest BCUT2D eigenvalue weighted by atomic mass is 10.1. The summed E-state index contributed by atoms with van der Waals surface area (Å²) >= 11 is 0. The molecule has 30 heavy (non-hydrogen) atoms. The minimum Gasteiger partial charge on any atom is -0.466 e. The number of aryl methyl sites for hydroxylation is 1. The summed E-state index contributed by atoms with van der Waals surface area (Å²) in [4.78, 5) is 24.3. The molecule has 3 aromatic rings. The van der Waals surface area contributed by atoms with E-state index in [2.05, 4.69) is 10.4 Å². The topological polar surface area (TPSA) is 73.2 Å². The van der Waals surface area contributed by atoms with E-state index in [1.54, 1.807) is 29.9 Å². The van der Waals surface area contributed by atoms with E-state index in [1.807, 2.05) is 31.2 Å². The van der Waals surface area contributed by atoms with Crippen molar-refractivity contribution in [2.45, 2.75) is 26.7 Å². The van der Waals surface area contributed by atoms with Gasteiger partial charge in [-0.25, -0.2) is 9.07 Å². The van der Waals surface area contributed by atoms with Crippen molar-refractivity contribution in [1.29, 1.82) is 0 Å². The van der Waals surface area contributed by atoms with Gasteiger partial charge in [-0.2, -0.15) is 5.10 Å². The number of carbonyl (C=O) groups is 2. The highest BCUT2D eigenvalue weighted by atomic mass is 19.1. The van der Waals surface area contributed by atoms with Gasteiger partial charge in [-0.3, -0.25) is 9.59 Å². The largest absolute Gasteiger partial charge is 0.466 e. The molecule has 0 bridgehead atoms. The van der Waals surface area contributed by atoms with Gasteiger partial charge in [0.05, 0.1) is 17.9 Å². The van der Waals surface area contributed by atoms with Crippen molar-refractivity contribution in [2.24, 2.45) is 0 Å². The molecule has 0 fully saturated rings. The van der Waals surface area contributed by atoms with Crippen LogP contribution in [0, 0.1) is 12.7 Å². The lowest BCUT2D eigenvalue weighted by Gasteiger charge is -2.06. The molecule has 1 aromatic heterocycles. The third kappa shape index (κ3) is 5.31. The van der Waals surface area contributed by atoms with E-state index in [-0.39, 0.29) is 24.1 Å². The fourth-order valence-corrected chi connectivity index (χ4v) is 3.03. The number of ether oxygens (including phenoxy) is 1. The Bertz CT molecular complexity index is 1030. The minimum absolute atomic E-state index is 0.244. The van der Waals surface area contributed by atoms with Gasteiger partial charge in [-0.05, 0) is 50.6 Å². The molecule has 1 amide bonds. The average Bonchev–Trinajstić information content (AvgIpc) is 3.17. The van der Waals surface area contributed by atoms with Crippen molar-refractivity contribution in [2.75, 3.05) is 13.2 Å². The third-order valence-corrected chi connectivity index (χ3v) is 4.49. The molecular formula is C23H24FN3O3. The number of benzene rings is 2. The third-order valence-electron chi connectivity index (χ3n) is 4.49. The molecule has 0 aliphatic carbocycles. The molecule has 2 aromatic carbocycles. The lowest BCUT2D eigenvalue weighted by Crippen LogP contribution is -2.25. The van der Waals surface area contributed by atoms with E-state index in [0.717, 1.165) is 11.1 Å². The zero-order valence-electron chi connectivity index (χ0n) is 17.0. The molecule has 3 rings (SSSR count). The molecule has 6 nitrogen and oxygen atoms in total. The Morgan fingerprint density at radius 2 is 1.93 bits per heavy atom. The van der Waals surface area contributed by atoms with E-state index in [0.29, 0.717) is 36.5 Å². The summed E-state index contributed by atoms with van der Waals surface area (Å²) in [5.74, 6) is -0.913. The molecule has 0 unspecified atom stereocenters. The number of nitrogens with zero attached hydrogens (tertiary/aromatic N) is 2. The van der Waals surface area contributed by atoms with Crippen molar-refractivity contribution in [3.8, 4) is 16.9 Å². The van der Waals surface area contributed by atoms with E-state index in [4.69, 9.17) is 4.74 Å². The highest BCUT2D eigenvalue weighted by Gasteiger charge is 2.19. The van der Waals surface area contributed by atoms with Gasteiger partial charge in [0.2, 0.25) is 0 Å². The highest BCUT2D eigenvalue weighted by Crippen LogP contribution is 2.25. The van der Waals surface area contributed by atoms with Crippen LogP contribution in [0.4, 0.5) is 4.39 Å². The van der Waals surface area contributed by atoms with Crippen LogP contribution in [-0.2, 0) is 9.53 Å². The van der Waals surface area contributed by atoms with Gasteiger partial charge in [-0.15, -0.1) is 0 Å². The molecule has 0 saturated heterocycles. The first-order valence-corrected chi connectivity index (χ1v) is 9.84. The molecule has 0 saturated carbocycles. The standard InChI is InChI=1S/C23H24FN3O3/c1-3-30-21(28)8-5-13-25-23(29)20-15-27(19-11-9-18(24)10-12-19)26-22(20)17-7-4-6-16(2)14-17/h4,6-7,9-12,14-15H,3,5,8,13H2,1-2H3,(H,25,29). The normalized spacial score (nSPS) is 10.6. The highest BCUT2D eigenvalue weighted by molar-refractivity contribution is 6.00. The average molecular weight is 409 g/mol. The Kier molecular flexibility index (Phi) is 6.95. The Hall–Kier alpha value is -3.48. The fourth-order valence-electron chi connectivity index (χ4n) is 3.03. The number of rotatable bonds is 8. The molecule has 1 heterocycles. The summed E-state index contributed by atoms with van der Waals surface area (Å²) in [7, 11) is 0. The molecule has 0 aliphatic heterocycles. The van der Waals surface area contributed by atoms with Crippen LogP contribution in [0.25, 0.3) is 16.9 Å². The second-order valence-electron chi connectivity index (χ2n) is 6.85. The monoisotopic (exact) mass is 409 g/mol. The second-order valence-corrected chi connectivity index (χ2v) is 6.85. The maximum Gasteiger partial charge on any atom is 0.305 e. The molecule has 156 valence electrons. The Balaban J connectivity index is 1.83. The molecule has 0 aliphatic rings. The second kappa shape index (κ2) is 9.82. The zero-order valence-corrected chi connectivity index (χ0v) is 17.0. The number of esters is 1. The van der Waals surface area contributed by atoms with Crippen LogP contribution in [-0.4, -0.2) is 34.8 Å². The summed E-state index contributed by atoms with van der Waals surface area (Å²) in [6.07, 6.45) is 2.36. The molecule has 1 N–H and O–H groups in total. The predicted octanol–water partition coefficient (Wildman–Crippen LogP) is 4.06. The first kappa shape index (κ1) is 21.2. The number of amides is 1. The predicted molar refractivity (Wildman–Crippen MR) is 112 cm³/mol. The number of nitrogens with one attached hydrogen (secondary N) is 1.